The molecule has 0 aromatic heterocycles. The zero-order chi connectivity index (χ0) is 20.1. The number of ether oxygens (including phenoxy) is 1. The molecule has 3 aromatic carbocycles. The van der Waals surface area contributed by atoms with Crippen LogP contribution in [0.25, 0.3) is 0 Å². The molecule has 0 spiro atoms. The quantitative estimate of drug-likeness (QED) is 0.206. The molecule has 0 radical (unpaired) electrons. The van der Waals surface area contributed by atoms with E-state index in [1.54, 1.807) is 30.3 Å². The van der Waals surface area contributed by atoms with Crippen LogP contribution in [-0.4, -0.2) is 10.8 Å². The van der Waals surface area contributed by atoms with E-state index in [0.29, 0.717) is 21.5 Å². The van der Waals surface area contributed by atoms with Gasteiger partial charge >= 0.3 is 5.97 Å². The number of carbonyl (C=O) groups excluding carboxylic acids is 1. The molecule has 0 aliphatic heterocycles. The molecule has 3 aromatic rings. The van der Waals surface area contributed by atoms with Gasteiger partial charge in [-0.25, -0.2) is 0 Å². The number of anilines is 2. The van der Waals surface area contributed by atoms with Gasteiger partial charge in [0, 0.05) is 10.6 Å². The summed E-state index contributed by atoms with van der Waals surface area (Å²) in [4.78, 5) is 13.2. The van der Waals surface area contributed by atoms with E-state index in [9.17, 15) is 4.79 Å². The van der Waals surface area contributed by atoms with Crippen molar-refractivity contribution in [3.8, 4) is 5.75 Å². The number of hydrogen-bond acceptors (Lipinski definition) is 4. The summed E-state index contributed by atoms with van der Waals surface area (Å²) in [5.41, 5.74) is 3.04. The van der Waals surface area contributed by atoms with E-state index in [1.165, 1.54) is 0 Å². The van der Waals surface area contributed by atoms with Crippen molar-refractivity contribution in [2.45, 2.75) is 13.3 Å². The highest BCUT2D eigenvalue weighted by atomic mass is 35.5. The first-order valence-corrected chi connectivity index (χ1v) is 9.71. The second-order valence-corrected chi connectivity index (χ2v) is 7.54. The van der Waals surface area contributed by atoms with E-state index in [0.717, 1.165) is 21.7 Å². The number of carbonyl (C=O) groups is 1. The molecule has 0 heterocycles. The second kappa shape index (κ2) is 9.20. The maximum absolute atomic E-state index is 12.4. The Morgan fingerprint density at radius 1 is 0.964 bits per heavy atom. The third-order valence-electron chi connectivity index (χ3n) is 4.07. The molecule has 0 saturated carbocycles. The number of halogens is 2. The molecule has 3 rings (SSSR count). The van der Waals surface area contributed by atoms with Crippen LogP contribution in [0.4, 0.5) is 11.4 Å². The smallest absolute Gasteiger partial charge is 0.315 e. The molecule has 6 heteroatoms. The Hall–Kier alpha value is -2.40. The Morgan fingerprint density at radius 2 is 1.61 bits per heavy atom. The molecule has 0 saturated heterocycles. The third kappa shape index (κ3) is 5.10. The number of para-hydroxylation sites is 2. The Bertz CT molecular complexity index is 999. The van der Waals surface area contributed by atoms with Gasteiger partial charge in [-0.3, -0.25) is 4.79 Å². The molecule has 0 aliphatic carbocycles. The number of esters is 1. The van der Waals surface area contributed by atoms with Gasteiger partial charge in [-0.05, 0) is 48.4 Å². The molecule has 0 unspecified atom stereocenters. The van der Waals surface area contributed by atoms with Crippen LogP contribution in [0.15, 0.2) is 66.7 Å². The second-order valence-electron chi connectivity index (χ2n) is 6.11. The van der Waals surface area contributed by atoms with Crippen LogP contribution >= 0.6 is 35.4 Å². The van der Waals surface area contributed by atoms with Crippen molar-refractivity contribution in [3.05, 3.63) is 87.9 Å². The molecule has 3 nitrogen and oxygen atoms in total. The fourth-order valence-corrected chi connectivity index (χ4v) is 3.26. The molecular formula is C22H17Cl2NO2S. The SMILES string of the molecule is CC(=S)c1ccc(OC(=O)Cc2ccccc2Nc2c(Cl)cccc2Cl)cc1. The van der Waals surface area contributed by atoms with E-state index in [-0.39, 0.29) is 12.4 Å². The van der Waals surface area contributed by atoms with Crippen LogP contribution in [0, 0.1) is 0 Å². The number of thiocarbonyl (C=S) groups is 1. The van der Waals surface area contributed by atoms with Crippen LogP contribution in [-0.2, 0) is 11.2 Å². The van der Waals surface area contributed by atoms with E-state index in [4.69, 9.17) is 40.2 Å². The lowest BCUT2D eigenvalue weighted by Crippen LogP contribution is -2.12. The first-order valence-electron chi connectivity index (χ1n) is 8.54. The minimum Gasteiger partial charge on any atom is -0.426 e. The predicted octanol–water partition coefficient (Wildman–Crippen LogP) is 6.62. The van der Waals surface area contributed by atoms with Crippen molar-refractivity contribution >= 4 is 57.6 Å². The van der Waals surface area contributed by atoms with Crippen molar-refractivity contribution in [1.29, 1.82) is 0 Å². The molecule has 0 amide bonds. The topological polar surface area (TPSA) is 38.3 Å². The molecule has 142 valence electrons. The summed E-state index contributed by atoms with van der Waals surface area (Å²) >= 11 is 17.6. The number of hydrogen-bond donors (Lipinski definition) is 1. The Labute approximate surface area is 179 Å². The summed E-state index contributed by atoms with van der Waals surface area (Å²) in [5.74, 6) is 0.107. The van der Waals surface area contributed by atoms with Crippen LogP contribution in [0.5, 0.6) is 5.75 Å². The van der Waals surface area contributed by atoms with Crippen LogP contribution in [0.2, 0.25) is 10.0 Å². The maximum Gasteiger partial charge on any atom is 0.315 e. The van der Waals surface area contributed by atoms with Crippen LogP contribution in [0.1, 0.15) is 18.1 Å². The molecule has 1 N–H and O–H groups in total. The summed E-state index contributed by atoms with van der Waals surface area (Å²) in [6.07, 6.45) is 0.0964. The molecular weight excluding hydrogens is 413 g/mol. The summed E-state index contributed by atoms with van der Waals surface area (Å²) in [5, 5.41) is 4.21. The fourth-order valence-electron chi connectivity index (χ4n) is 2.63. The van der Waals surface area contributed by atoms with E-state index >= 15 is 0 Å². The van der Waals surface area contributed by atoms with Crippen molar-refractivity contribution in [1.82, 2.24) is 0 Å². The molecule has 0 fully saturated rings. The Kier molecular flexibility index (Phi) is 6.68. The van der Waals surface area contributed by atoms with Gasteiger partial charge in [-0.15, -0.1) is 0 Å². The Balaban J connectivity index is 1.74. The highest BCUT2D eigenvalue weighted by molar-refractivity contribution is 7.80. The van der Waals surface area contributed by atoms with E-state index < -0.39 is 0 Å². The summed E-state index contributed by atoms with van der Waals surface area (Å²) in [6, 6.07) is 19.8. The predicted molar refractivity (Wildman–Crippen MR) is 119 cm³/mol. The standard InChI is InChI=1S/C22H17Cl2NO2S/c1-14(28)15-9-11-17(12-10-15)27-21(26)13-16-5-2-3-8-20(16)25-22-18(23)6-4-7-19(22)24/h2-12,25H,13H2,1H3. The van der Waals surface area contributed by atoms with E-state index in [2.05, 4.69) is 5.32 Å². The first kappa shape index (κ1) is 20.3. The zero-order valence-corrected chi connectivity index (χ0v) is 17.4. The molecule has 0 bridgehead atoms. The van der Waals surface area contributed by atoms with Gasteiger partial charge in [0.2, 0.25) is 0 Å². The number of rotatable bonds is 6. The number of benzene rings is 3. The van der Waals surface area contributed by atoms with Gasteiger partial charge in [-0.1, -0.05) is 71.8 Å². The largest absolute Gasteiger partial charge is 0.426 e. The Morgan fingerprint density at radius 3 is 2.25 bits per heavy atom. The van der Waals surface area contributed by atoms with Gasteiger partial charge in [0.05, 0.1) is 22.2 Å². The highest BCUT2D eigenvalue weighted by Gasteiger charge is 2.13. The van der Waals surface area contributed by atoms with Crippen LogP contribution in [0.3, 0.4) is 0 Å². The highest BCUT2D eigenvalue weighted by Crippen LogP contribution is 2.33. The van der Waals surface area contributed by atoms with Gasteiger partial charge in [0.25, 0.3) is 0 Å². The lowest BCUT2D eigenvalue weighted by atomic mass is 10.1. The lowest BCUT2D eigenvalue weighted by Gasteiger charge is -2.14. The van der Waals surface area contributed by atoms with Crippen molar-refractivity contribution in [2.75, 3.05) is 5.32 Å². The third-order valence-corrected chi connectivity index (χ3v) is 4.93. The summed E-state index contributed by atoms with van der Waals surface area (Å²) in [6.45, 7) is 1.85. The minimum absolute atomic E-state index is 0.0964. The maximum atomic E-state index is 12.4. The molecule has 0 atom stereocenters. The first-order chi connectivity index (χ1) is 13.4. The van der Waals surface area contributed by atoms with Crippen LogP contribution < -0.4 is 10.1 Å². The average molecular weight is 430 g/mol. The lowest BCUT2D eigenvalue weighted by molar-refractivity contribution is -0.133. The minimum atomic E-state index is -0.369. The van der Waals surface area contributed by atoms with Crippen molar-refractivity contribution in [2.24, 2.45) is 0 Å². The summed E-state index contributed by atoms with van der Waals surface area (Å²) < 4.78 is 5.44. The van der Waals surface area contributed by atoms with Gasteiger partial charge in [0.15, 0.2) is 0 Å². The number of nitrogens with one attached hydrogen (secondary N) is 1. The van der Waals surface area contributed by atoms with Gasteiger partial charge in [0.1, 0.15) is 5.75 Å². The summed E-state index contributed by atoms with van der Waals surface area (Å²) in [7, 11) is 0. The zero-order valence-electron chi connectivity index (χ0n) is 15.0. The van der Waals surface area contributed by atoms with E-state index in [1.807, 2.05) is 43.3 Å². The van der Waals surface area contributed by atoms with Crippen molar-refractivity contribution in [3.63, 3.8) is 0 Å². The fraction of sp³-hybridized carbons (Fsp3) is 0.0909. The molecule has 28 heavy (non-hydrogen) atoms. The average Bonchev–Trinajstić information content (AvgIpc) is 2.66. The van der Waals surface area contributed by atoms with Crippen molar-refractivity contribution < 1.29 is 9.53 Å². The van der Waals surface area contributed by atoms with Gasteiger partial charge < -0.3 is 10.1 Å². The normalized spacial score (nSPS) is 10.4. The van der Waals surface area contributed by atoms with Gasteiger partial charge in [-0.2, -0.15) is 0 Å². The monoisotopic (exact) mass is 429 g/mol. The molecule has 0 aliphatic rings.